The average molecular weight is 136 g/mol. The van der Waals surface area contributed by atoms with Gasteiger partial charge in [-0.25, -0.2) is 0 Å². The molecule has 0 unspecified atom stereocenters. The summed E-state index contributed by atoms with van der Waals surface area (Å²) in [6.45, 7) is 0. The van der Waals surface area contributed by atoms with Crippen LogP contribution in [0, 0.1) is 0 Å². The summed E-state index contributed by atoms with van der Waals surface area (Å²) in [7, 11) is 0. The largest absolute Gasteiger partial charge is 0.391 e. The van der Waals surface area contributed by atoms with E-state index in [9.17, 15) is 0 Å². The van der Waals surface area contributed by atoms with Crippen LogP contribution in [0.25, 0.3) is 0 Å². The molecule has 0 bridgehead atoms. The van der Waals surface area contributed by atoms with E-state index in [0.717, 1.165) is 12.8 Å². The van der Waals surface area contributed by atoms with E-state index in [0.29, 0.717) is 0 Å². The summed E-state index contributed by atoms with van der Waals surface area (Å²) >= 11 is 5.67. The first-order chi connectivity index (χ1) is 3.72. The van der Waals surface area contributed by atoms with Gasteiger partial charge < -0.3 is 10.8 Å². The standard InChI is InChI=1S/C5H10ClNO/c6-3-1-2-4(8)5(3)7/h3-5,8H,1-2,7H2/t3-,4+,5+/m1/s1. The van der Waals surface area contributed by atoms with Crippen LogP contribution in [0.2, 0.25) is 0 Å². The third kappa shape index (κ3) is 0.966. The molecule has 1 aliphatic rings. The molecule has 1 rings (SSSR count). The molecule has 0 aromatic carbocycles. The lowest BCUT2D eigenvalue weighted by Crippen LogP contribution is -2.35. The smallest absolute Gasteiger partial charge is 0.0706 e. The van der Waals surface area contributed by atoms with Crippen LogP contribution in [0.3, 0.4) is 0 Å². The zero-order chi connectivity index (χ0) is 6.15. The van der Waals surface area contributed by atoms with Crippen molar-refractivity contribution in [2.45, 2.75) is 30.4 Å². The summed E-state index contributed by atoms with van der Waals surface area (Å²) in [5, 5.41) is 8.95. The van der Waals surface area contributed by atoms with Crippen molar-refractivity contribution in [2.75, 3.05) is 0 Å². The minimum absolute atomic E-state index is 0.00926. The number of nitrogens with two attached hydrogens (primary N) is 1. The van der Waals surface area contributed by atoms with Crippen molar-refractivity contribution < 1.29 is 5.11 Å². The maximum absolute atomic E-state index is 8.96. The average Bonchev–Trinajstić information content (AvgIpc) is 1.98. The van der Waals surface area contributed by atoms with Gasteiger partial charge in [-0.2, -0.15) is 0 Å². The molecule has 1 saturated carbocycles. The number of rotatable bonds is 0. The van der Waals surface area contributed by atoms with Crippen LogP contribution in [0.1, 0.15) is 12.8 Å². The fourth-order valence-electron chi connectivity index (χ4n) is 0.956. The van der Waals surface area contributed by atoms with Gasteiger partial charge in [-0.05, 0) is 12.8 Å². The Morgan fingerprint density at radius 1 is 1.50 bits per heavy atom. The van der Waals surface area contributed by atoms with Gasteiger partial charge in [0.25, 0.3) is 0 Å². The zero-order valence-electron chi connectivity index (χ0n) is 4.55. The number of hydrogen-bond acceptors (Lipinski definition) is 2. The summed E-state index contributed by atoms with van der Waals surface area (Å²) < 4.78 is 0. The molecule has 0 aromatic rings. The van der Waals surface area contributed by atoms with Gasteiger partial charge in [0.2, 0.25) is 0 Å². The molecule has 0 radical (unpaired) electrons. The van der Waals surface area contributed by atoms with Crippen molar-refractivity contribution >= 4 is 11.6 Å². The van der Waals surface area contributed by atoms with Gasteiger partial charge >= 0.3 is 0 Å². The Bertz CT molecular complexity index is 78.5. The molecule has 2 nitrogen and oxygen atoms in total. The Balaban J connectivity index is 2.44. The number of aliphatic hydroxyl groups is 1. The first-order valence-corrected chi connectivity index (χ1v) is 3.23. The van der Waals surface area contributed by atoms with Crippen molar-refractivity contribution in [1.82, 2.24) is 0 Å². The van der Waals surface area contributed by atoms with Crippen LogP contribution in [0.4, 0.5) is 0 Å². The highest BCUT2D eigenvalue weighted by Gasteiger charge is 2.29. The van der Waals surface area contributed by atoms with E-state index < -0.39 is 0 Å². The Morgan fingerprint density at radius 3 is 2.25 bits per heavy atom. The van der Waals surface area contributed by atoms with E-state index in [2.05, 4.69) is 0 Å². The lowest BCUT2D eigenvalue weighted by atomic mass is 10.2. The zero-order valence-corrected chi connectivity index (χ0v) is 5.30. The summed E-state index contributed by atoms with van der Waals surface area (Å²) in [6, 6.07) is -0.198. The van der Waals surface area contributed by atoms with Crippen LogP contribution < -0.4 is 5.73 Å². The predicted octanol–water partition coefficient (Wildman–Crippen LogP) is 0.0758. The lowest BCUT2D eigenvalue weighted by molar-refractivity contribution is 0.165. The van der Waals surface area contributed by atoms with Crippen molar-refractivity contribution in [3.05, 3.63) is 0 Å². The first-order valence-electron chi connectivity index (χ1n) is 2.79. The number of hydrogen-bond donors (Lipinski definition) is 2. The molecule has 0 aromatic heterocycles. The van der Waals surface area contributed by atoms with Crippen LogP contribution in [0.15, 0.2) is 0 Å². The molecule has 3 atom stereocenters. The molecule has 0 heterocycles. The number of alkyl halides is 1. The number of aliphatic hydroxyl groups excluding tert-OH is 1. The van der Waals surface area contributed by atoms with Gasteiger partial charge in [0, 0.05) is 6.04 Å². The fourth-order valence-corrected chi connectivity index (χ4v) is 1.25. The highest BCUT2D eigenvalue weighted by Crippen LogP contribution is 2.22. The van der Waals surface area contributed by atoms with Gasteiger partial charge in [-0.1, -0.05) is 0 Å². The minimum atomic E-state index is -0.363. The molecule has 48 valence electrons. The van der Waals surface area contributed by atoms with E-state index in [1.807, 2.05) is 0 Å². The van der Waals surface area contributed by atoms with E-state index in [1.165, 1.54) is 0 Å². The molecule has 0 aliphatic heterocycles. The van der Waals surface area contributed by atoms with Crippen molar-refractivity contribution in [3.8, 4) is 0 Å². The predicted molar refractivity (Wildman–Crippen MR) is 32.9 cm³/mol. The van der Waals surface area contributed by atoms with Crippen LogP contribution >= 0.6 is 11.6 Å². The second-order valence-corrected chi connectivity index (χ2v) is 2.80. The molecule has 1 aliphatic carbocycles. The first kappa shape index (κ1) is 6.33. The van der Waals surface area contributed by atoms with Gasteiger partial charge in [0.05, 0.1) is 11.5 Å². The summed E-state index contributed by atoms with van der Waals surface area (Å²) in [4.78, 5) is 0. The summed E-state index contributed by atoms with van der Waals surface area (Å²) in [6.07, 6.45) is 1.25. The van der Waals surface area contributed by atoms with Crippen molar-refractivity contribution in [1.29, 1.82) is 0 Å². The Kier molecular flexibility index (Phi) is 1.75. The molecule has 8 heavy (non-hydrogen) atoms. The van der Waals surface area contributed by atoms with Crippen molar-refractivity contribution in [3.63, 3.8) is 0 Å². The summed E-state index contributed by atoms with van der Waals surface area (Å²) in [5.41, 5.74) is 5.44. The van der Waals surface area contributed by atoms with Crippen LogP contribution in [0.5, 0.6) is 0 Å². The van der Waals surface area contributed by atoms with E-state index in [1.54, 1.807) is 0 Å². The molecular weight excluding hydrogens is 126 g/mol. The van der Waals surface area contributed by atoms with E-state index in [-0.39, 0.29) is 17.5 Å². The van der Waals surface area contributed by atoms with Gasteiger partial charge in [-0.3, -0.25) is 0 Å². The molecule has 3 heteroatoms. The summed E-state index contributed by atoms with van der Waals surface area (Å²) in [5.74, 6) is 0. The third-order valence-electron chi connectivity index (χ3n) is 1.60. The minimum Gasteiger partial charge on any atom is -0.391 e. The maximum Gasteiger partial charge on any atom is 0.0706 e. The Morgan fingerprint density at radius 2 is 2.12 bits per heavy atom. The third-order valence-corrected chi connectivity index (χ3v) is 2.11. The van der Waals surface area contributed by atoms with Crippen LogP contribution in [-0.2, 0) is 0 Å². The normalized spacial score (nSPS) is 47.6. The van der Waals surface area contributed by atoms with Crippen molar-refractivity contribution in [2.24, 2.45) is 5.73 Å². The monoisotopic (exact) mass is 135 g/mol. The van der Waals surface area contributed by atoms with Gasteiger partial charge in [0.1, 0.15) is 0 Å². The second kappa shape index (κ2) is 2.21. The number of halogens is 1. The highest BCUT2D eigenvalue weighted by atomic mass is 35.5. The molecular formula is C5H10ClNO. The SMILES string of the molecule is N[C@H]1[C@H](Cl)CC[C@@H]1O. The Hall–Kier alpha value is 0.210. The molecule has 3 N–H and O–H groups in total. The quantitative estimate of drug-likeness (QED) is 0.462. The topological polar surface area (TPSA) is 46.2 Å². The van der Waals surface area contributed by atoms with Crippen LogP contribution in [-0.4, -0.2) is 22.6 Å². The second-order valence-electron chi connectivity index (χ2n) is 2.24. The Labute approximate surface area is 53.6 Å². The van der Waals surface area contributed by atoms with Gasteiger partial charge in [0.15, 0.2) is 0 Å². The molecule has 0 spiro atoms. The molecule has 0 amide bonds. The molecule has 1 fully saturated rings. The highest BCUT2D eigenvalue weighted by molar-refractivity contribution is 6.21. The fraction of sp³-hybridized carbons (Fsp3) is 1.00. The lowest BCUT2D eigenvalue weighted by Gasteiger charge is -2.09. The van der Waals surface area contributed by atoms with E-state index >= 15 is 0 Å². The van der Waals surface area contributed by atoms with E-state index in [4.69, 9.17) is 22.4 Å². The maximum atomic E-state index is 8.96. The van der Waals surface area contributed by atoms with Gasteiger partial charge in [-0.15, -0.1) is 11.6 Å². The molecule has 0 saturated heterocycles.